The van der Waals surface area contributed by atoms with Crippen LogP contribution in [0.3, 0.4) is 0 Å². The number of ether oxygens (including phenoxy) is 1. The molecule has 0 aromatic heterocycles. The third-order valence-electron chi connectivity index (χ3n) is 3.09. The summed E-state index contributed by atoms with van der Waals surface area (Å²) >= 11 is 1.71. The molecule has 1 unspecified atom stereocenters. The van der Waals surface area contributed by atoms with E-state index in [-0.39, 0.29) is 23.6 Å². The van der Waals surface area contributed by atoms with Gasteiger partial charge in [0.2, 0.25) is 5.91 Å². The van der Waals surface area contributed by atoms with Gasteiger partial charge in [-0.1, -0.05) is 17.6 Å². The molecular weight excluding hydrogens is 290 g/mol. The average molecular weight is 309 g/mol. The fourth-order valence-electron chi connectivity index (χ4n) is 2.02. The standard InChI is InChI=1S/C14H19N3O3S/c15-13(17-19)9-20-11-5-3-4-10(8-11)16-14(18)12-6-1-2-7-21-12/h3-5,8,12,19H,1-2,6-7,9H2,(H2,15,17)(H,16,18). The molecule has 1 aliphatic heterocycles. The number of thioether (sulfide) groups is 1. The molecule has 0 saturated carbocycles. The molecule has 2 rings (SSSR count). The van der Waals surface area contributed by atoms with Gasteiger partial charge >= 0.3 is 0 Å². The number of oxime groups is 1. The normalized spacial score (nSPS) is 19.0. The van der Waals surface area contributed by atoms with Crippen LogP contribution in [0.25, 0.3) is 0 Å². The first-order chi connectivity index (χ1) is 10.2. The first-order valence-corrected chi connectivity index (χ1v) is 7.85. The Morgan fingerprint density at radius 2 is 2.38 bits per heavy atom. The molecule has 21 heavy (non-hydrogen) atoms. The van der Waals surface area contributed by atoms with Gasteiger partial charge < -0.3 is 21.0 Å². The average Bonchev–Trinajstić information content (AvgIpc) is 2.53. The van der Waals surface area contributed by atoms with Crippen LogP contribution >= 0.6 is 11.8 Å². The van der Waals surface area contributed by atoms with Gasteiger partial charge in [-0.15, -0.1) is 11.8 Å². The van der Waals surface area contributed by atoms with Crippen molar-refractivity contribution in [2.45, 2.75) is 24.5 Å². The number of amidine groups is 1. The molecule has 4 N–H and O–H groups in total. The van der Waals surface area contributed by atoms with Crippen LogP contribution in [-0.4, -0.2) is 34.6 Å². The second-order valence-electron chi connectivity index (χ2n) is 4.75. The smallest absolute Gasteiger partial charge is 0.237 e. The zero-order valence-corrected chi connectivity index (χ0v) is 12.4. The van der Waals surface area contributed by atoms with Crippen molar-refractivity contribution in [3.8, 4) is 5.75 Å². The topological polar surface area (TPSA) is 96.9 Å². The second kappa shape index (κ2) is 7.78. The van der Waals surface area contributed by atoms with Crippen LogP contribution < -0.4 is 15.8 Å². The number of amides is 1. The van der Waals surface area contributed by atoms with E-state index in [1.165, 1.54) is 6.42 Å². The fourth-order valence-corrected chi connectivity index (χ4v) is 3.22. The highest BCUT2D eigenvalue weighted by molar-refractivity contribution is 8.00. The molecule has 1 fully saturated rings. The number of carbonyl (C=O) groups is 1. The molecule has 1 heterocycles. The van der Waals surface area contributed by atoms with E-state index in [0.717, 1.165) is 18.6 Å². The summed E-state index contributed by atoms with van der Waals surface area (Å²) in [5, 5.41) is 14.2. The van der Waals surface area contributed by atoms with E-state index < -0.39 is 0 Å². The minimum atomic E-state index is -0.0111. The van der Waals surface area contributed by atoms with Crippen molar-refractivity contribution >= 4 is 29.2 Å². The summed E-state index contributed by atoms with van der Waals surface area (Å²) in [6, 6.07) is 7.05. The highest BCUT2D eigenvalue weighted by Crippen LogP contribution is 2.26. The summed E-state index contributed by atoms with van der Waals surface area (Å²) in [4.78, 5) is 12.1. The molecule has 7 heteroatoms. The maximum Gasteiger partial charge on any atom is 0.237 e. The molecule has 0 bridgehead atoms. The van der Waals surface area contributed by atoms with Gasteiger partial charge in [-0.3, -0.25) is 4.79 Å². The lowest BCUT2D eigenvalue weighted by Gasteiger charge is -2.20. The van der Waals surface area contributed by atoms with Crippen LogP contribution in [0, 0.1) is 0 Å². The number of carbonyl (C=O) groups excluding carboxylic acids is 1. The van der Waals surface area contributed by atoms with Gasteiger partial charge in [0.15, 0.2) is 5.84 Å². The Labute approximate surface area is 127 Å². The molecule has 1 saturated heterocycles. The zero-order chi connectivity index (χ0) is 15.1. The van der Waals surface area contributed by atoms with Gasteiger partial charge in [-0.25, -0.2) is 0 Å². The van der Waals surface area contributed by atoms with Gasteiger partial charge in [-0.05, 0) is 30.7 Å². The van der Waals surface area contributed by atoms with E-state index in [0.29, 0.717) is 11.4 Å². The van der Waals surface area contributed by atoms with Crippen LogP contribution in [0.15, 0.2) is 29.4 Å². The summed E-state index contributed by atoms with van der Waals surface area (Å²) < 4.78 is 5.35. The fraction of sp³-hybridized carbons (Fsp3) is 0.429. The molecule has 6 nitrogen and oxygen atoms in total. The summed E-state index contributed by atoms with van der Waals surface area (Å²) in [6.07, 6.45) is 3.22. The molecule has 1 aromatic carbocycles. The third-order valence-corrected chi connectivity index (χ3v) is 4.47. The number of rotatable bonds is 5. The predicted octanol–water partition coefficient (Wildman–Crippen LogP) is 2.04. The Hall–Kier alpha value is -1.89. The minimum absolute atomic E-state index is 0.00756. The molecule has 1 aromatic rings. The first-order valence-electron chi connectivity index (χ1n) is 6.81. The van der Waals surface area contributed by atoms with E-state index in [9.17, 15) is 4.79 Å². The number of nitrogens with two attached hydrogens (primary N) is 1. The van der Waals surface area contributed by atoms with Gasteiger partial charge in [0.05, 0.1) is 5.25 Å². The van der Waals surface area contributed by atoms with Crippen molar-refractivity contribution < 1.29 is 14.7 Å². The third kappa shape index (κ3) is 4.86. The molecule has 1 aliphatic rings. The second-order valence-corrected chi connectivity index (χ2v) is 6.06. The van der Waals surface area contributed by atoms with E-state index in [4.69, 9.17) is 15.7 Å². The van der Waals surface area contributed by atoms with Crippen LogP contribution in [-0.2, 0) is 4.79 Å². The Morgan fingerprint density at radius 3 is 3.10 bits per heavy atom. The highest BCUT2D eigenvalue weighted by atomic mass is 32.2. The van der Waals surface area contributed by atoms with Gasteiger partial charge in [-0.2, -0.15) is 0 Å². The van der Waals surface area contributed by atoms with Crippen molar-refractivity contribution in [1.82, 2.24) is 0 Å². The highest BCUT2D eigenvalue weighted by Gasteiger charge is 2.21. The summed E-state index contributed by atoms with van der Waals surface area (Å²) in [7, 11) is 0. The molecule has 0 aliphatic carbocycles. The Balaban J connectivity index is 1.92. The molecular formula is C14H19N3O3S. The molecule has 114 valence electrons. The Kier molecular flexibility index (Phi) is 5.74. The maximum absolute atomic E-state index is 12.1. The first kappa shape index (κ1) is 15.5. The number of nitrogens with one attached hydrogen (secondary N) is 1. The molecule has 0 radical (unpaired) electrons. The van der Waals surface area contributed by atoms with Crippen molar-refractivity contribution in [2.24, 2.45) is 10.9 Å². The predicted molar refractivity (Wildman–Crippen MR) is 84.1 cm³/mol. The lowest BCUT2D eigenvalue weighted by molar-refractivity contribution is -0.115. The number of benzene rings is 1. The van der Waals surface area contributed by atoms with Crippen LogP contribution in [0.1, 0.15) is 19.3 Å². The van der Waals surface area contributed by atoms with Gasteiger partial charge in [0, 0.05) is 11.8 Å². The van der Waals surface area contributed by atoms with Crippen LogP contribution in [0.5, 0.6) is 5.75 Å². The lowest BCUT2D eigenvalue weighted by atomic mass is 10.2. The van der Waals surface area contributed by atoms with E-state index >= 15 is 0 Å². The SMILES string of the molecule is N/C(COc1cccc(NC(=O)C2CCCCS2)c1)=N/O. The van der Waals surface area contributed by atoms with Crippen LogP contribution in [0.4, 0.5) is 5.69 Å². The van der Waals surface area contributed by atoms with Crippen LogP contribution in [0.2, 0.25) is 0 Å². The number of hydrogen-bond donors (Lipinski definition) is 3. The lowest BCUT2D eigenvalue weighted by Crippen LogP contribution is -2.27. The summed E-state index contributed by atoms with van der Waals surface area (Å²) in [5.74, 6) is 1.62. The Morgan fingerprint density at radius 1 is 1.52 bits per heavy atom. The van der Waals surface area contributed by atoms with Gasteiger partial charge in [0.1, 0.15) is 12.4 Å². The van der Waals surface area contributed by atoms with Crippen molar-refractivity contribution in [3.63, 3.8) is 0 Å². The molecule has 1 amide bonds. The zero-order valence-electron chi connectivity index (χ0n) is 11.6. The monoisotopic (exact) mass is 309 g/mol. The van der Waals surface area contributed by atoms with Gasteiger partial charge in [0.25, 0.3) is 0 Å². The minimum Gasteiger partial charge on any atom is -0.485 e. The summed E-state index contributed by atoms with van der Waals surface area (Å²) in [6.45, 7) is -0.00756. The van der Waals surface area contributed by atoms with Crippen molar-refractivity contribution in [2.75, 3.05) is 17.7 Å². The quantitative estimate of drug-likeness (QED) is 0.335. The van der Waals surface area contributed by atoms with Crippen molar-refractivity contribution in [3.05, 3.63) is 24.3 Å². The summed E-state index contributed by atoms with van der Waals surface area (Å²) in [5.41, 5.74) is 6.02. The Bertz CT molecular complexity index is 516. The van der Waals surface area contributed by atoms with E-state index in [1.54, 1.807) is 30.0 Å². The molecule has 0 spiro atoms. The molecule has 1 atom stereocenters. The maximum atomic E-state index is 12.1. The largest absolute Gasteiger partial charge is 0.485 e. The number of nitrogens with zero attached hydrogens (tertiary/aromatic N) is 1. The number of hydrogen-bond acceptors (Lipinski definition) is 5. The van der Waals surface area contributed by atoms with Crippen molar-refractivity contribution in [1.29, 1.82) is 0 Å². The van der Waals surface area contributed by atoms with E-state index in [1.807, 2.05) is 6.07 Å². The number of anilines is 1. The van der Waals surface area contributed by atoms with E-state index in [2.05, 4.69) is 10.5 Å².